The van der Waals surface area contributed by atoms with Crippen LogP contribution in [-0.4, -0.2) is 17.4 Å². The van der Waals surface area contributed by atoms with Crippen molar-refractivity contribution in [2.45, 2.75) is 32.1 Å². The second kappa shape index (κ2) is 5.66. The number of nitrogens with zero attached hydrogens (tertiary/aromatic N) is 1. The van der Waals surface area contributed by atoms with Crippen molar-refractivity contribution in [1.29, 1.82) is 0 Å². The highest BCUT2D eigenvalue weighted by atomic mass is 16.1. The van der Waals surface area contributed by atoms with Gasteiger partial charge in [-0.2, -0.15) is 0 Å². The Labute approximate surface area is 102 Å². The van der Waals surface area contributed by atoms with Crippen molar-refractivity contribution in [2.24, 2.45) is 5.92 Å². The SMILES string of the molecule is Nc1ccc(C(=O)NCC2CCCCC2)cn1. The third kappa shape index (κ3) is 3.44. The first kappa shape index (κ1) is 11.9. The standard InChI is InChI=1S/C13H19N3O/c14-12-7-6-11(9-15-12)13(17)16-8-10-4-2-1-3-5-10/h6-7,9-10H,1-5,8H2,(H2,14,15)(H,16,17). The van der Waals surface area contributed by atoms with Gasteiger partial charge in [0.1, 0.15) is 5.82 Å². The van der Waals surface area contributed by atoms with Crippen LogP contribution in [0.15, 0.2) is 18.3 Å². The lowest BCUT2D eigenvalue weighted by atomic mass is 9.89. The van der Waals surface area contributed by atoms with E-state index in [1.807, 2.05) is 0 Å². The van der Waals surface area contributed by atoms with E-state index in [1.54, 1.807) is 12.1 Å². The quantitative estimate of drug-likeness (QED) is 0.838. The molecule has 0 spiro atoms. The zero-order valence-corrected chi connectivity index (χ0v) is 9.98. The number of pyridine rings is 1. The zero-order chi connectivity index (χ0) is 12.1. The summed E-state index contributed by atoms with van der Waals surface area (Å²) < 4.78 is 0. The Kier molecular flexibility index (Phi) is 3.96. The van der Waals surface area contributed by atoms with Gasteiger partial charge in [0.25, 0.3) is 5.91 Å². The molecule has 1 aliphatic carbocycles. The van der Waals surface area contributed by atoms with Gasteiger partial charge in [-0.3, -0.25) is 4.79 Å². The Balaban J connectivity index is 1.82. The molecule has 1 fully saturated rings. The summed E-state index contributed by atoms with van der Waals surface area (Å²) in [4.78, 5) is 15.7. The molecule has 17 heavy (non-hydrogen) atoms. The number of hydrogen-bond acceptors (Lipinski definition) is 3. The topological polar surface area (TPSA) is 68.0 Å². The normalized spacial score (nSPS) is 16.7. The second-order valence-corrected chi connectivity index (χ2v) is 4.69. The first-order valence-corrected chi connectivity index (χ1v) is 6.25. The minimum atomic E-state index is -0.0527. The fourth-order valence-electron chi connectivity index (χ4n) is 2.27. The molecule has 1 aromatic heterocycles. The van der Waals surface area contributed by atoms with Crippen LogP contribution in [0.25, 0.3) is 0 Å². The molecule has 0 aromatic carbocycles. The van der Waals surface area contributed by atoms with E-state index in [9.17, 15) is 4.79 Å². The minimum Gasteiger partial charge on any atom is -0.384 e. The second-order valence-electron chi connectivity index (χ2n) is 4.69. The smallest absolute Gasteiger partial charge is 0.252 e. The molecule has 1 aliphatic rings. The lowest BCUT2D eigenvalue weighted by Gasteiger charge is -2.21. The number of anilines is 1. The summed E-state index contributed by atoms with van der Waals surface area (Å²) in [5, 5.41) is 2.97. The summed E-state index contributed by atoms with van der Waals surface area (Å²) in [5.74, 6) is 1.03. The summed E-state index contributed by atoms with van der Waals surface area (Å²) in [6, 6.07) is 3.36. The van der Waals surface area contributed by atoms with Crippen molar-refractivity contribution in [3.63, 3.8) is 0 Å². The van der Waals surface area contributed by atoms with Crippen molar-refractivity contribution < 1.29 is 4.79 Å². The molecule has 1 aromatic rings. The van der Waals surface area contributed by atoms with E-state index in [2.05, 4.69) is 10.3 Å². The number of aromatic nitrogens is 1. The third-order valence-electron chi connectivity index (χ3n) is 3.32. The van der Waals surface area contributed by atoms with Crippen LogP contribution in [0.3, 0.4) is 0 Å². The number of nitrogens with one attached hydrogen (secondary N) is 1. The average Bonchev–Trinajstić information content (AvgIpc) is 2.38. The van der Waals surface area contributed by atoms with Crippen molar-refractivity contribution in [1.82, 2.24) is 10.3 Å². The van der Waals surface area contributed by atoms with E-state index in [4.69, 9.17) is 5.73 Å². The van der Waals surface area contributed by atoms with Crippen molar-refractivity contribution in [2.75, 3.05) is 12.3 Å². The van der Waals surface area contributed by atoms with Crippen LogP contribution in [0.2, 0.25) is 0 Å². The maximum atomic E-state index is 11.8. The number of rotatable bonds is 3. The van der Waals surface area contributed by atoms with Crippen LogP contribution >= 0.6 is 0 Å². The van der Waals surface area contributed by atoms with Gasteiger partial charge in [-0.25, -0.2) is 4.98 Å². The van der Waals surface area contributed by atoms with Crippen LogP contribution in [0, 0.1) is 5.92 Å². The van der Waals surface area contributed by atoms with Gasteiger partial charge in [0.2, 0.25) is 0 Å². The molecular weight excluding hydrogens is 214 g/mol. The Bertz CT molecular complexity index is 369. The third-order valence-corrected chi connectivity index (χ3v) is 3.32. The summed E-state index contributed by atoms with van der Waals surface area (Å²) >= 11 is 0. The molecule has 1 saturated carbocycles. The van der Waals surface area contributed by atoms with Crippen molar-refractivity contribution in [3.8, 4) is 0 Å². The monoisotopic (exact) mass is 233 g/mol. The molecule has 1 heterocycles. The molecule has 4 nitrogen and oxygen atoms in total. The molecule has 4 heteroatoms. The predicted octanol–water partition coefficient (Wildman–Crippen LogP) is 1.97. The Hall–Kier alpha value is -1.58. The minimum absolute atomic E-state index is 0.0527. The van der Waals surface area contributed by atoms with E-state index < -0.39 is 0 Å². The Morgan fingerprint density at radius 2 is 2.12 bits per heavy atom. The average molecular weight is 233 g/mol. The van der Waals surface area contributed by atoms with Gasteiger partial charge in [0.05, 0.1) is 5.56 Å². The van der Waals surface area contributed by atoms with E-state index in [0.29, 0.717) is 17.3 Å². The molecular formula is C13H19N3O. The molecule has 0 radical (unpaired) electrons. The highest BCUT2D eigenvalue weighted by Crippen LogP contribution is 2.22. The van der Waals surface area contributed by atoms with Crippen LogP contribution in [0.4, 0.5) is 5.82 Å². The van der Waals surface area contributed by atoms with Crippen LogP contribution < -0.4 is 11.1 Å². The van der Waals surface area contributed by atoms with Gasteiger partial charge in [0.15, 0.2) is 0 Å². The molecule has 92 valence electrons. The highest BCUT2D eigenvalue weighted by Gasteiger charge is 2.14. The molecule has 0 aliphatic heterocycles. The van der Waals surface area contributed by atoms with Gasteiger partial charge >= 0.3 is 0 Å². The molecule has 2 rings (SSSR count). The van der Waals surface area contributed by atoms with Crippen molar-refractivity contribution in [3.05, 3.63) is 23.9 Å². The largest absolute Gasteiger partial charge is 0.384 e. The number of carbonyl (C=O) groups is 1. The lowest BCUT2D eigenvalue weighted by Crippen LogP contribution is -2.30. The van der Waals surface area contributed by atoms with Gasteiger partial charge in [0, 0.05) is 12.7 Å². The van der Waals surface area contributed by atoms with E-state index in [-0.39, 0.29) is 5.91 Å². The molecule has 0 atom stereocenters. The number of nitrogens with two attached hydrogens (primary N) is 1. The Morgan fingerprint density at radius 3 is 2.76 bits per heavy atom. The summed E-state index contributed by atoms with van der Waals surface area (Å²) in [6.45, 7) is 0.781. The van der Waals surface area contributed by atoms with Gasteiger partial charge in [-0.05, 0) is 30.9 Å². The predicted molar refractivity (Wildman–Crippen MR) is 67.6 cm³/mol. The van der Waals surface area contributed by atoms with Gasteiger partial charge < -0.3 is 11.1 Å². The number of amides is 1. The van der Waals surface area contributed by atoms with Gasteiger partial charge in [-0.15, -0.1) is 0 Å². The highest BCUT2D eigenvalue weighted by molar-refractivity contribution is 5.93. The maximum Gasteiger partial charge on any atom is 0.252 e. The number of carbonyl (C=O) groups excluding carboxylic acids is 1. The first-order chi connectivity index (χ1) is 8.25. The summed E-state index contributed by atoms with van der Waals surface area (Å²) in [7, 11) is 0. The van der Waals surface area contributed by atoms with Crippen molar-refractivity contribution >= 4 is 11.7 Å². The van der Waals surface area contributed by atoms with Crippen LogP contribution in [-0.2, 0) is 0 Å². The molecule has 0 unspecified atom stereocenters. The fourth-order valence-corrected chi connectivity index (χ4v) is 2.27. The van der Waals surface area contributed by atoms with E-state index >= 15 is 0 Å². The van der Waals surface area contributed by atoms with Crippen LogP contribution in [0.1, 0.15) is 42.5 Å². The molecule has 0 bridgehead atoms. The van der Waals surface area contributed by atoms with E-state index in [0.717, 1.165) is 6.54 Å². The van der Waals surface area contributed by atoms with Crippen LogP contribution in [0.5, 0.6) is 0 Å². The Morgan fingerprint density at radius 1 is 1.35 bits per heavy atom. The van der Waals surface area contributed by atoms with Gasteiger partial charge in [-0.1, -0.05) is 19.3 Å². The maximum absolute atomic E-state index is 11.8. The molecule has 0 saturated heterocycles. The lowest BCUT2D eigenvalue weighted by molar-refractivity contribution is 0.0943. The zero-order valence-electron chi connectivity index (χ0n) is 9.98. The summed E-state index contributed by atoms with van der Waals surface area (Å²) in [5.41, 5.74) is 6.05. The summed E-state index contributed by atoms with van der Waals surface area (Å²) in [6.07, 6.45) is 7.92. The first-order valence-electron chi connectivity index (χ1n) is 6.25. The molecule has 3 N–H and O–H groups in total. The number of nitrogen functional groups attached to an aromatic ring is 1. The van der Waals surface area contributed by atoms with E-state index in [1.165, 1.54) is 38.3 Å². The molecule has 1 amide bonds. The fraction of sp³-hybridized carbons (Fsp3) is 0.538. The number of hydrogen-bond donors (Lipinski definition) is 2.